The van der Waals surface area contributed by atoms with Crippen LogP contribution in [0.1, 0.15) is 6.92 Å². The maximum atomic E-state index is 11.3. The molecule has 3 heteroatoms. The van der Waals surface area contributed by atoms with Gasteiger partial charge in [0, 0.05) is 12.0 Å². The van der Waals surface area contributed by atoms with Gasteiger partial charge in [0.25, 0.3) is 0 Å². The first-order chi connectivity index (χ1) is 3.62. The van der Waals surface area contributed by atoms with Crippen molar-refractivity contribution < 1.29 is 8.96 Å². The van der Waals surface area contributed by atoms with E-state index in [1.54, 1.807) is 13.6 Å². The molecule has 0 aromatic carbocycles. The van der Waals surface area contributed by atoms with Gasteiger partial charge in [-0.3, -0.25) is 0 Å². The van der Waals surface area contributed by atoms with Crippen LogP contribution in [0.25, 0.3) is 0 Å². The lowest BCUT2D eigenvalue weighted by molar-refractivity contribution is 0.584. The lowest BCUT2D eigenvalue weighted by atomic mass is 11.0. The maximum absolute atomic E-state index is 11.3. The van der Waals surface area contributed by atoms with Gasteiger partial charge in [0.15, 0.2) is 0 Å². The summed E-state index contributed by atoms with van der Waals surface area (Å²) in [5, 5.41) is 0. The van der Waals surface area contributed by atoms with Gasteiger partial charge in [-0.1, -0.05) is 6.92 Å². The summed E-state index contributed by atoms with van der Waals surface area (Å²) in [6, 6.07) is 0. The van der Waals surface area contributed by atoms with E-state index in [0.717, 1.165) is 5.82 Å². The average molecular weight is 136 g/mol. The number of hydrogen-bond acceptors (Lipinski definition) is 1. The second-order valence-corrected chi connectivity index (χ2v) is 5.04. The van der Waals surface area contributed by atoms with Crippen molar-refractivity contribution in [3.63, 3.8) is 0 Å². The second kappa shape index (κ2) is 3.03. The number of halogens is 1. The summed E-state index contributed by atoms with van der Waals surface area (Å²) >= 11 is 0. The molecule has 0 saturated heterocycles. The van der Waals surface area contributed by atoms with Crippen molar-refractivity contribution in [2.45, 2.75) is 6.92 Å². The molecule has 0 bridgehead atoms. The zero-order valence-corrected chi connectivity index (χ0v) is 5.99. The monoisotopic (exact) mass is 136 g/mol. The highest BCUT2D eigenvalue weighted by molar-refractivity contribution is 7.66. The number of rotatable bonds is 2. The molecule has 0 heterocycles. The van der Waals surface area contributed by atoms with Gasteiger partial charge in [0.05, 0.1) is 6.33 Å². The van der Waals surface area contributed by atoms with Crippen LogP contribution in [0.4, 0.5) is 4.39 Å². The van der Waals surface area contributed by atoms with E-state index < -0.39 is 7.14 Å². The Morgan fingerprint density at radius 1 is 1.75 bits per heavy atom. The Labute approximate surface area is 49.0 Å². The van der Waals surface area contributed by atoms with Crippen LogP contribution in [0.15, 0.2) is 12.1 Å². The molecule has 0 aliphatic heterocycles. The highest BCUT2D eigenvalue weighted by atomic mass is 31.2. The molecule has 0 aromatic rings. The summed E-state index contributed by atoms with van der Waals surface area (Å²) in [4.78, 5) is 0. The SMILES string of the molecule is CCP(C)(=O)C=CF. The molecule has 0 aliphatic rings. The van der Waals surface area contributed by atoms with Crippen LogP contribution in [0.3, 0.4) is 0 Å². The molecule has 8 heavy (non-hydrogen) atoms. The van der Waals surface area contributed by atoms with E-state index in [4.69, 9.17) is 0 Å². The van der Waals surface area contributed by atoms with Crippen molar-refractivity contribution in [1.82, 2.24) is 0 Å². The van der Waals surface area contributed by atoms with Crippen molar-refractivity contribution in [3.05, 3.63) is 12.1 Å². The summed E-state index contributed by atoms with van der Waals surface area (Å²) in [6.45, 7) is 3.34. The second-order valence-electron chi connectivity index (χ2n) is 1.77. The van der Waals surface area contributed by atoms with Gasteiger partial charge in [-0.05, 0) is 6.66 Å². The molecule has 48 valence electrons. The van der Waals surface area contributed by atoms with Crippen LogP contribution in [0, 0.1) is 0 Å². The van der Waals surface area contributed by atoms with E-state index in [1.165, 1.54) is 0 Å². The average Bonchev–Trinajstić information content (AvgIpc) is 1.67. The molecule has 0 aromatic heterocycles. The highest BCUT2D eigenvalue weighted by Gasteiger charge is 2.04. The van der Waals surface area contributed by atoms with Crippen molar-refractivity contribution in [2.24, 2.45) is 0 Å². The summed E-state index contributed by atoms with van der Waals surface area (Å²) in [6.07, 6.45) is 0.887. The molecule has 1 atom stereocenters. The quantitative estimate of drug-likeness (QED) is 0.533. The van der Waals surface area contributed by atoms with Gasteiger partial charge >= 0.3 is 0 Å². The first kappa shape index (κ1) is 7.90. The highest BCUT2D eigenvalue weighted by Crippen LogP contribution is 2.41. The molecule has 0 aliphatic carbocycles. The fourth-order valence-electron chi connectivity index (χ4n) is 0.225. The van der Waals surface area contributed by atoms with E-state index in [-0.39, 0.29) is 0 Å². The Morgan fingerprint density at radius 2 is 2.25 bits per heavy atom. The molecule has 0 fully saturated rings. The molecular formula is C5H10FOP. The summed E-state index contributed by atoms with van der Waals surface area (Å²) in [5.74, 6) is 1.13. The predicted molar refractivity (Wildman–Crippen MR) is 34.3 cm³/mol. The third-order valence-corrected chi connectivity index (χ3v) is 3.00. The molecule has 0 spiro atoms. The molecule has 1 nitrogen and oxygen atoms in total. The first-order valence-corrected chi connectivity index (χ1v) is 4.87. The third-order valence-electron chi connectivity index (χ3n) is 1.000. The van der Waals surface area contributed by atoms with E-state index in [1.807, 2.05) is 0 Å². The zero-order valence-electron chi connectivity index (χ0n) is 5.10. The Balaban J connectivity index is 3.93. The molecular weight excluding hydrogens is 126 g/mol. The third kappa shape index (κ3) is 2.98. The van der Waals surface area contributed by atoms with Crippen molar-refractivity contribution in [1.29, 1.82) is 0 Å². The molecule has 1 unspecified atom stereocenters. The largest absolute Gasteiger partial charge is 0.319 e. The summed E-state index contributed by atoms with van der Waals surface area (Å²) in [5.41, 5.74) is 0. The van der Waals surface area contributed by atoms with Crippen LogP contribution >= 0.6 is 7.14 Å². The summed E-state index contributed by atoms with van der Waals surface area (Å²) < 4.78 is 22.2. The summed E-state index contributed by atoms with van der Waals surface area (Å²) in [7, 11) is -2.23. The minimum Gasteiger partial charge on any atom is -0.319 e. The van der Waals surface area contributed by atoms with Crippen LogP contribution in [-0.2, 0) is 4.57 Å². The Hall–Kier alpha value is -0.100. The molecule has 0 radical (unpaired) electrons. The van der Waals surface area contributed by atoms with E-state index in [0.29, 0.717) is 12.5 Å². The van der Waals surface area contributed by atoms with Crippen molar-refractivity contribution in [3.8, 4) is 0 Å². The van der Waals surface area contributed by atoms with Crippen LogP contribution in [0.5, 0.6) is 0 Å². The van der Waals surface area contributed by atoms with E-state index >= 15 is 0 Å². The normalized spacial score (nSPS) is 18.9. The van der Waals surface area contributed by atoms with Crippen molar-refractivity contribution in [2.75, 3.05) is 12.8 Å². The van der Waals surface area contributed by atoms with Gasteiger partial charge in [0.1, 0.15) is 7.14 Å². The van der Waals surface area contributed by atoms with E-state index in [9.17, 15) is 8.96 Å². The van der Waals surface area contributed by atoms with Gasteiger partial charge in [-0.2, -0.15) is 0 Å². The molecule has 0 N–H and O–H groups in total. The van der Waals surface area contributed by atoms with Crippen LogP contribution in [0.2, 0.25) is 0 Å². The lowest BCUT2D eigenvalue weighted by Crippen LogP contribution is -1.74. The Kier molecular flexibility index (Phi) is 2.99. The fourth-order valence-corrected chi connectivity index (χ4v) is 0.674. The van der Waals surface area contributed by atoms with Gasteiger partial charge in [-0.15, -0.1) is 0 Å². The molecule has 0 rings (SSSR count). The smallest absolute Gasteiger partial charge is 0.107 e. The minimum atomic E-state index is -2.23. The van der Waals surface area contributed by atoms with Gasteiger partial charge in [-0.25, -0.2) is 4.39 Å². The standard InChI is InChI=1S/C5H10FOP/c1-3-8(2,7)5-4-6/h4-5H,3H2,1-2H3. The lowest BCUT2D eigenvalue weighted by Gasteiger charge is -1.98. The fraction of sp³-hybridized carbons (Fsp3) is 0.600. The van der Waals surface area contributed by atoms with E-state index in [2.05, 4.69) is 0 Å². The predicted octanol–water partition coefficient (Wildman–Crippen LogP) is 2.44. The Morgan fingerprint density at radius 3 is 2.38 bits per heavy atom. The number of hydrogen-bond donors (Lipinski definition) is 0. The Bertz CT molecular complexity index is 130. The molecule has 0 amide bonds. The molecule has 0 saturated carbocycles. The zero-order chi connectivity index (χ0) is 6.62. The van der Waals surface area contributed by atoms with Crippen LogP contribution in [-0.4, -0.2) is 12.8 Å². The van der Waals surface area contributed by atoms with Gasteiger partial charge < -0.3 is 4.57 Å². The topological polar surface area (TPSA) is 17.1 Å². The maximum Gasteiger partial charge on any atom is 0.107 e. The van der Waals surface area contributed by atoms with Gasteiger partial charge in [0.2, 0.25) is 0 Å². The van der Waals surface area contributed by atoms with Crippen LogP contribution < -0.4 is 0 Å². The first-order valence-electron chi connectivity index (χ1n) is 2.46. The minimum absolute atomic E-state index is 0.351. The van der Waals surface area contributed by atoms with Crippen molar-refractivity contribution >= 4 is 7.14 Å².